The molecule has 454 valence electrons. The summed E-state index contributed by atoms with van der Waals surface area (Å²) in [6, 6.07) is 16.5. The SMILES string of the molecule is C[C@@H]1CN(CC(=O)N2CC(C)(C)c3[nH]c(=O)c(Cc4ccc(F)cc4)cc32)[C@@H](CN2CCCC(NC(=O)CCCCC(=O)NC3CCCN(C[C@H]4CN[C@H](C)CN4CC(=O)N4CC(C)(C)c5[nH]c(=O)c(Cc6ccc(F)cc6)cc54)C3)C2)CN1. The number of hydrogen-bond acceptors (Lipinski definition) is 12. The normalized spacial score (nSPS) is 24.6. The van der Waals surface area contributed by atoms with Crippen LogP contribution < -0.4 is 42.2 Å². The number of carbonyl (C=O) groups excluding carboxylic acids is 4. The number of anilines is 2. The van der Waals surface area contributed by atoms with Gasteiger partial charge in [0.2, 0.25) is 23.6 Å². The van der Waals surface area contributed by atoms with Gasteiger partial charge in [-0.25, -0.2) is 8.78 Å². The van der Waals surface area contributed by atoms with Gasteiger partial charge in [-0.3, -0.25) is 48.4 Å². The molecular weight excluding hydrogens is 1070 g/mol. The second-order valence-electron chi connectivity index (χ2n) is 26.4. The third kappa shape index (κ3) is 14.9. The van der Waals surface area contributed by atoms with Crippen LogP contribution in [0.4, 0.5) is 20.2 Å². The summed E-state index contributed by atoms with van der Waals surface area (Å²) in [6.07, 6.45) is 6.27. The van der Waals surface area contributed by atoms with Gasteiger partial charge in [0.05, 0.1) is 24.5 Å². The van der Waals surface area contributed by atoms with Crippen LogP contribution in [-0.2, 0) is 42.8 Å². The quantitative estimate of drug-likeness (QED) is 0.0719. The van der Waals surface area contributed by atoms with Crippen molar-refractivity contribution in [2.24, 2.45) is 0 Å². The first-order valence-electron chi connectivity index (χ1n) is 30.7. The summed E-state index contributed by atoms with van der Waals surface area (Å²) in [4.78, 5) is 101. The first-order chi connectivity index (χ1) is 40.1. The molecule has 10 rings (SSSR count). The summed E-state index contributed by atoms with van der Waals surface area (Å²) in [6.45, 7) is 21.5. The maximum atomic E-state index is 14.4. The highest BCUT2D eigenvalue weighted by molar-refractivity contribution is 5.98. The molecule has 0 radical (unpaired) electrons. The van der Waals surface area contributed by atoms with Crippen LogP contribution >= 0.6 is 0 Å². The van der Waals surface area contributed by atoms with Gasteiger partial charge >= 0.3 is 0 Å². The number of piperazine rings is 2. The number of aromatic amines is 2. The minimum absolute atomic E-state index is 0.00182. The van der Waals surface area contributed by atoms with Gasteiger partial charge in [-0.2, -0.15) is 0 Å². The van der Waals surface area contributed by atoms with Gasteiger partial charge in [-0.1, -0.05) is 52.0 Å². The fourth-order valence-electron chi connectivity index (χ4n) is 13.8. The number of likely N-dealkylation sites (tertiary alicyclic amines) is 2. The van der Waals surface area contributed by atoms with Gasteiger partial charge in [0.25, 0.3) is 11.1 Å². The van der Waals surface area contributed by atoms with Crippen LogP contribution in [-0.4, -0.2) is 181 Å². The van der Waals surface area contributed by atoms with E-state index in [-0.39, 0.29) is 95.7 Å². The van der Waals surface area contributed by atoms with E-state index in [0.717, 1.165) is 112 Å². The van der Waals surface area contributed by atoms with Gasteiger partial charge in [0.1, 0.15) is 11.6 Å². The zero-order valence-electron chi connectivity index (χ0n) is 50.1. The monoisotopic (exact) mass is 1160 g/mol. The predicted octanol–water partition coefficient (Wildman–Crippen LogP) is 4.52. The Hall–Kier alpha value is -6.16. The van der Waals surface area contributed by atoms with E-state index in [9.17, 15) is 37.5 Å². The summed E-state index contributed by atoms with van der Waals surface area (Å²) in [7, 11) is 0. The standard InChI is InChI=1S/C64H88F2N12O6/c1-41-31-75(37-57(81)77-39-63(3,4)59-53(77)27-45(61(83)71-59)25-43-15-19-47(65)20-16-43)51(29-67-41)35-73-23-9-11-49(33-73)69-55(79)13-7-8-14-56(80)70-50-12-10-24-74(34-50)36-52-30-68-42(2)32-76(52)38-58(82)78-40-64(5,6)60-54(78)28-46(62(84)72-60)26-44-17-21-48(66)22-18-44/h15-22,27-28,41-42,49-52,67-68H,7-14,23-26,29-40H2,1-6H3,(H,69,79)(H,70,80)(H,71,83)(H,72,84)/t41-,42-,49?,50?,51-,52-/m1/s1. The summed E-state index contributed by atoms with van der Waals surface area (Å²) in [5.74, 6) is -0.707. The van der Waals surface area contributed by atoms with Gasteiger partial charge < -0.3 is 41.0 Å². The average Bonchev–Trinajstić information content (AvgIpc) is 3.42. The molecule has 2 aromatic carbocycles. The van der Waals surface area contributed by atoms with E-state index in [0.29, 0.717) is 75.8 Å². The molecule has 6 aliphatic rings. The van der Waals surface area contributed by atoms with Crippen molar-refractivity contribution in [3.8, 4) is 0 Å². The molecule has 0 aliphatic carbocycles. The first kappa shape index (κ1) is 60.9. The zero-order chi connectivity index (χ0) is 59.5. The van der Waals surface area contributed by atoms with E-state index in [2.05, 4.69) is 64.7 Å². The van der Waals surface area contributed by atoms with Crippen molar-refractivity contribution in [1.29, 1.82) is 0 Å². The Kier molecular flexibility index (Phi) is 19.0. The molecule has 2 unspecified atom stereocenters. The van der Waals surface area contributed by atoms with Crippen molar-refractivity contribution in [2.45, 2.75) is 153 Å². The molecule has 6 N–H and O–H groups in total. The molecule has 4 aromatic rings. The molecule has 8 heterocycles. The van der Waals surface area contributed by atoms with Crippen LogP contribution in [0.3, 0.4) is 0 Å². The highest BCUT2D eigenvalue weighted by Crippen LogP contribution is 2.41. The summed E-state index contributed by atoms with van der Waals surface area (Å²) in [5.41, 5.74) is 4.32. The molecule has 0 bridgehead atoms. The fourth-order valence-corrected chi connectivity index (χ4v) is 13.8. The van der Waals surface area contributed by atoms with E-state index in [1.807, 2.05) is 49.6 Å². The maximum absolute atomic E-state index is 14.4. The van der Waals surface area contributed by atoms with Gasteiger partial charge in [0, 0.05) is 161 Å². The maximum Gasteiger partial charge on any atom is 0.251 e. The lowest BCUT2D eigenvalue weighted by Crippen LogP contribution is -2.62. The van der Waals surface area contributed by atoms with Crippen molar-refractivity contribution in [3.05, 3.63) is 127 Å². The van der Waals surface area contributed by atoms with E-state index >= 15 is 0 Å². The van der Waals surface area contributed by atoms with E-state index in [4.69, 9.17) is 0 Å². The van der Waals surface area contributed by atoms with Gasteiger partial charge in [-0.05, 0) is 113 Å². The highest BCUT2D eigenvalue weighted by Gasteiger charge is 2.43. The minimum Gasteiger partial charge on any atom is -0.352 e. The van der Waals surface area contributed by atoms with Crippen LogP contribution in [0.2, 0.25) is 0 Å². The van der Waals surface area contributed by atoms with Crippen LogP contribution in [0.15, 0.2) is 70.3 Å². The number of fused-ring (bicyclic) bond motifs is 2. The lowest BCUT2D eigenvalue weighted by Gasteiger charge is -2.43. The number of amides is 4. The van der Waals surface area contributed by atoms with Crippen molar-refractivity contribution >= 4 is 35.0 Å². The average molecular weight is 1160 g/mol. The van der Waals surface area contributed by atoms with E-state index in [1.165, 1.54) is 24.3 Å². The molecule has 2 aromatic heterocycles. The van der Waals surface area contributed by atoms with Crippen molar-refractivity contribution in [2.75, 3.05) is 101 Å². The Labute approximate surface area is 492 Å². The Balaban J connectivity index is 0.653. The topological polar surface area (TPSA) is 202 Å². The number of aromatic nitrogens is 2. The number of pyridine rings is 2. The summed E-state index contributed by atoms with van der Waals surface area (Å²) in [5, 5.41) is 13.8. The molecule has 84 heavy (non-hydrogen) atoms. The van der Waals surface area contributed by atoms with E-state index in [1.54, 1.807) is 24.3 Å². The molecule has 6 atom stereocenters. The number of nitrogens with zero attached hydrogens (tertiary/aromatic N) is 6. The lowest BCUT2D eigenvalue weighted by molar-refractivity contribution is -0.124. The molecule has 0 spiro atoms. The van der Waals surface area contributed by atoms with Crippen LogP contribution in [0, 0.1) is 11.6 Å². The molecule has 0 saturated carbocycles. The van der Waals surface area contributed by atoms with Crippen molar-refractivity contribution < 1.29 is 28.0 Å². The van der Waals surface area contributed by atoms with Crippen LogP contribution in [0.1, 0.15) is 127 Å². The van der Waals surface area contributed by atoms with Gasteiger partial charge in [0.15, 0.2) is 0 Å². The minimum atomic E-state index is -0.447. The number of rotatable bonds is 19. The number of unbranched alkanes of at least 4 members (excludes halogenated alkanes) is 1. The number of halogens is 2. The Morgan fingerprint density at radius 2 is 0.976 bits per heavy atom. The molecule has 18 nitrogen and oxygen atoms in total. The lowest BCUT2D eigenvalue weighted by atomic mass is 9.91. The van der Waals surface area contributed by atoms with Crippen molar-refractivity contribution in [3.63, 3.8) is 0 Å². The van der Waals surface area contributed by atoms with Crippen LogP contribution in [0.25, 0.3) is 0 Å². The molecule has 6 aliphatic heterocycles. The number of H-pyrrole nitrogens is 2. The fraction of sp³-hybridized carbons (Fsp3) is 0.594. The number of nitrogens with one attached hydrogen (secondary N) is 6. The molecule has 4 fully saturated rings. The summed E-state index contributed by atoms with van der Waals surface area (Å²) < 4.78 is 27.3. The second-order valence-corrected chi connectivity index (χ2v) is 26.4. The molecule has 20 heteroatoms. The molecular formula is C64H88F2N12O6. The number of piperidine rings is 2. The molecule has 4 saturated heterocycles. The zero-order valence-corrected chi connectivity index (χ0v) is 50.1. The predicted molar refractivity (Wildman–Crippen MR) is 323 cm³/mol. The molecule has 4 amide bonds. The Bertz CT molecular complexity index is 2930. The number of benzene rings is 2. The Morgan fingerprint density at radius 1 is 0.583 bits per heavy atom. The third-order valence-corrected chi connectivity index (χ3v) is 18.3. The number of carbonyl (C=O) groups is 4. The van der Waals surface area contributed by atoms with Crippen LogP contribution in [0.5, 0.6) is 0 Å². The third-order valence-electron chi connectivity index (χ3n) is 18.3. The Morgan fingerprint density at radius 3 is 1.37 bits per heavy atom. The highest BCUT2D eigenvalue weighted by atomic mass is 19.1. The first-order valence-corrected chi connectivity index (χ1v) is 30.7. The summed E-state index contributed by atoms with van der Waals surface area (Å²) >= 11 is 0. The van der Waals surface area contributed by atoms with Crippen molar-refractivity contribution in [1.82, 2.24) is 50.8 Å². The largest absolute Gasteiger partial charge is 0.352 e. The van der Waals surface area contributed by atoms with E-state index < -0.39 is 10.8 Å². The second kappa shape index (κ2) is 26.2. The smallest absolute Gasteiger partial charge is 0.251 e. The number of hydrogen-bond donors (Lipinski definition) is 6. The van der Waals surface area contributed by atoms with Gasteiger partial charge in [-0.15, -0.1) is 0 Å².